The molecule has 1 aromatic carbocycles. The standard InChI is InChI=1S/C22H23N5O3/c1-30-20-10-3-2-9-17(20)24-21(28)15-7-6-12-27(14-15)22(29)19-13-18(25-26-19)16-8-4-5-11-23-16/h2-5,8-11,13,15H,6-7,12,14H2,1H3,(H,24,28)(H,25,26)/t15-/m0/s1. The number of likely N-dealkylation sites (tertiary alicyclic amines) is 1. The first-order valence-corrected chi connectivity index (χ1v) is 9.85. The molecule has 2 amide bonds. The van der Waals surface area contributed by atoms with Crippen molar-refractivity contribution in [2.24, 2.45) is 5.92 Å². The molecule has 3 aromatic rings. The first-order chi connectivity index (χ1) is 14.7. The molecule has 0 radical (unpaired) electrons. The monoisotopic (exact) mass is 405 g/mol. The van der Waals surface area contributed by atoms with E-state index in [0.29, 0.717) is 41.6 Å². The Balaban J connectivity index is 1.43. The zero-order chi connectivity index (χ0) is 20.9. The van der Waals surface area contributed by atoms with Crippen molar-refractivity contribution >= 4 is 17.5 Å². The van der Waals surface area contributed by atoms with E-state index in [-0.39, 0.29) is 17.7 Å². The van der Waals surface area contributed by atoms with E-state index in [4.69, 9.17) is 4.74 Å². The molecule has 154 valence electrons. The van der Waals surface area contributed by atoms with Crippen LogP contribution >= 0.6 is 0 Å². The average Bonchev–Trinajstić information content (AvgIpc) is 3.30. The Kier molecular flexibility index (Phi) is 5.74. The summed E-state index contributed by atoms with van der Waals surface area (Å²) in [4.78, 5) is 31.7. The number of ether oxygens (including phenoxy) is 1. The Morgan fingerprint density at radius 1 is 1.17 bits per heavy atom. The number of H-pyrrole nitrogens is 1. The number of hydrogen-bond acceptors (Lipinski definition) is 5. The second-order valence-electron chi connectivity index (χ2n) is 7.16. The van der Waals surface area contributed by atoms with Crippen LogP contribution in [0.5, 0.6) is 5.75 Å². The quantitative estimate of drug-likeness (QED) is 0.680. The molecule has 2 aromatic heterocycles. The Bertz CT molecular complexity index is 1030. The van der Waals surface area contributed by atoms with Gasteiger partial charge in [0.05, 0.1) is 24.4 Å². The van der Waals surface area contributed by atoms with Gasteiger partial charge in [-0.1, -0.05) is 18.2 Å². The van der Waals surface area contributed by atoms with Gasteiger partial charge in [-0.25, -0.2) is 0 Å². The Morgan fingerprint density at radius 2 is 2.00 bits per heavy atom. The molecule has 0 aliphatic carbocycles. The zero-order valence-electron chi connectivity index (χ0n) is 16.7. The number of aromatic amines is 1. The van der Waals surface area contributed by atoms with Crippen molar-refractivity contribution in [2.45, 2.75) is 12.8 Å². The van der Waals surface area contributed by atoms with Gasteiger partial charge in [0.15, 0.2) is 0 Å². The number of carbonyl (C=O) groups is 2. The van der Waals surface area contributed by atoms with Crippen LogP contribution in [0.25, 0.3) is 11.4 Å². The van der Waals surface area contributed by atoms with Gasteiger partial charge in [0, 0.05) is 19.3 Å². The summed E-state index contributed by atoms with van der Waals surface area (Å²) in [5.74, 6) is 0.0372. The lowest BCUT2D eigenvalue weighted by Crippen LogP contribution is -2.43. The highest BCUT2D eigenvalue weighted by Gasteiger charge is 2.30. The third-order valence-electron chi connectivity index (χ3n) is 5.18. The maximum atomic E-state index is 13.0. The van der Waals surface area contributed by atoms with Gasteiger partial charge in [-0.05, 0) is 43.2 Å². The lowest BCUT2D eigenvalue weighted by molar-refractivity contribution is -0.121. The van der Waals surface area contributed by atoms with E-state index in [2.05, 4.69) is 20.5 Å². The molecule has 2 N–H and O–H groups in total. The minimum atomic E-state index is -0.286. The number of amides is 2. The van der Waals surface area contributed by atoms with Gasteiger partial charge in [-0.3, -0.25) is 19.7 Å². The number of benzene rings is 1. The van der Waals surface area contributed by atoms with E-state index in [1.165, 1.54) is 0 Å². The van der Waals surface area contributed by atoms with Crippen molar-refractivity contribution in [1.29, 1.82) is 0 Å². The number of pyridine rings is 1. The van der Waals surface area contributed by atoms with Gasteiger partial charge in [-0.2, -0.15) is 5.10 Å². The molecule has 0 bridgehead atoms. The largest absolute Gasteiger partial charge is 0.495 e. The summed E-state index contributed by atoms with van der Waals surface area (Å²) in [6.45, 7) is 0.965. The van der Waals surface area contributed by atoms with Crippen LogP contribution in [-0.2, 0) is 4.79 Å². The predicted molar refractivity (Wildman–Crippen MR) is 112 cm³/mol. The lowest BCUT2D eigenvalue weighted by atomic mass is 9.96. The summed E-state index contributed by atoms with van der Waals surface area (Å²) < 4.78 is 5.29. The summed E-state index contributed by atoms with van der Waals surface area (Å²) >= 11 is 0. The number of hydrogen-bond donors (Lipinski definition) is 2. The highest BCUT2D eigenvalue weighted by molar-refractivity contribution is 5.96. The van der Waals surface area contributed by atoms with E-state index < -0.39 is 0 Å². The molecule has 30 heavy (non-hydrogen) atoms. The van der Waals surface area contributed by atoms with Crippen molar-refractivity contribution in [2.75, 3.05) is 25.5 Å². The Hall–Kier alpha value is -3.68. The molecule has 4 rings (SSSR count). The Morgan fingerprint density at radius 3 is 2.80 bits per heavy atom. The van der Waals surface area contributed by atoms with Crippen LogP contribution in [0.1, 0.15) is 23.3 Å². The van der Waals surface area contributed by atoms with E-state index in [9.17, 15) is 9.59 Å². The summed E-state index contributed by atoms with van der Waals surface area (Å²) in [6, 6.07) is 14.5. The summed E-state index contributed by atoms with van der Waals surface area (Å²) in [7, 11) is 1.57. The molecule has 3 heterocycles. The predicted octanol–water partition coefficient (Wildman–Crippen LogP) is 2.97. The van der Waals surface area contributed by atoms with Gasteiger partial charge in [0.25, 0.3) is 5.91 Å². The smallest absolute Gasteiger partial charge is 0.271 e. The van der Waals surface area contributed by atoms with Crippen LogP contribution in [0.15, 0.2) is 54.7 Å². The second kappa shape index (κ2) is 8.77. The molecule has 1 aliphatic rings. The fourth-order valence-electron chi connectivity index (χ4n) is 3.61. The van der Waals surface area contributed by atoms with Crippen molar-refractivity contribution in [3.8, 4) is 17.1 Å². The number of anilines is 1. The maximum Gasteiger partial charge on any atom is 0.271 e. The van der Waals surface area contributed by atoms with Crippen LogP contribution in [0.2, 0.25) is 0 Å². The number of nitrogens with zero attached hydrogens (tertiary/aromatic N) is 3. The molecule has 8 nitrogen and oxygen atoms in total. The number of carbonyl (C=O) groups excluding carboxylic acids is 2. The zero-order valence-corrected chi connectivity index (χ0v) is 16.7. The Labute approximate surface area is 174 Å². The summed E-state index contributed by atoms with van der Waals surface area (Å²) in [5, 5.41) is 9.93. The molecule has 0 spiro atoms. The highest BCUT2D eigenvalue weighted by atomic mass is 16.5. The van der Waals surface area contributed by atoms with Crippen molar-refractivity contribution in [3.05, 3.63) is 60.4 Å². The molecular formula is C22H23N5O3. The minimum absolute atomic E-state index is 0.115. The lowest BCUT2D eigenvalue weighted by Gasteiger charge is -2.31. The average molecular weight is 405 g/mol. The highest BCUT2D eigenvalue weighted by Crippen LogP contribution is 2.26. The molecule has 1 fully saturated rings. The van der Waals surface area contributed by atoms with Gasteiger partial charge in [0.1, 0.15) is 17.1 Å². The molecule has 8 heteroatoms. The van der Waals surface area contributed by atoms with Crippen LogP contribution in [-0.4, -0.2) is 52.1 Å². The van der Waals surface area contributed by atoms with E-state index >= 15 is 0 Å². The second-order valence-corrected chi connectivity index (χ2v) is 7.16. The number of para-hydroxylation sites is 2. The van der Waals surface area contributed by atoms with Crippen molar-refractivity contribution in [1.82, 2.24) is 20.1 Å². The third kappa shape index (κ3) is 4.17. The first kappa shape index (κ1) is 19.6. The van der Waals surface area contributed by atoms with E-state index in [1.54, 1.807) is 36.4 Å². The third-order valence-corrected chi connectivity index (χ3v) is 5.18. The number of methoxy groups -OCH3 is 1. The number of piperidine rings is 1. The van der Waals surface area contributed by atoms with Crippen molar-refractivity contribution < 1.29 is 14.3 Å². The fraction of sp³-hybridized carbons (Fsp3) is 0.273. The summed E-state index contributed by atoms with van der Waals surface area (Å²) in [5.41, 5.74) is 2.32. The maximum absolute atomic E-state index is 13.0. The van der Waals surface area contributed by atoms with Gasteiger partial charge >= 0.3 is 0 Å². The first-order valence-electron chi connectivity index (χ1n) is 9.85. The van der Waals surface area contributed by atoms with E-state index in [0.717, 1.165) is 12.8 Å². The van der Waals surface area contributed by atoms with Crippen molar-refractivity contribution in [3.63, 3.8) is 0 Å². The van der Waals surface area contributed by atoms with Crippen LogP contribution in [0.4, 0.5) is 5.69 Å². The van der Waals surface area contributed by atoms with Gasteiger partial charge in [-0.15, -0.1) is 0 Å². The topological polar surface area (TPSA) is 100 Å². The molecule has 1 aliphatic heterocycles. The van der Waals surface area contributed by atoms with Crippen LogP contribution in [0, 0.1) is 5.92 Å². The molecule has 1 saturated heterocycles. The molecular weight excluding hydrogens is 382 g/mol. The number of rotatable bonds is 5. The normalized spacial score (nSPS) is 16.2. The number of aromatic nitrogens is 3. The molecule has 0 saturated carbocycles. The molecule has 0 unspecified atom stereocenters. The van der Waals surface area contributed by atoms with Crippen LogP contribution < -0.4 is 10.1 Å². The van der Waals surface area contributed by atoms with E-state index in [1.807, 2.05) is 30.3 Å². The molecule has 1 atom stereocenters. The van der Waals surface area contributed by atoms with Crippen LogP contribution in [0.3, 0.4) is 0 Å². The van der Waals surface area contributed by atoms with Gasteiger partial charge < -0.3 is 15.0 Å². The SMILES string of the molecule is COc1ccccc1NC(=O)[C@H]1CCCN(C(=O)c2cc(-c3ccccn3)n[nH]2)C1. The minimum Gasteiger partial charge on any atom is -0.495 e. The number of nitrogens with one attached hydrogen (secondary N) is 2. The van der Waals surface area contributed by atoms with Gasteiger partial charge in [0.2, 0.25) is 5.91 Å². The summed E-state index contributed by atoms with van der Waals surface area (Å²) in [6.07, 6.45) is 3.17. The fourth-order valence-corrected chi connectivity index (χ4v) is 3.61.